The van der Waals surface area contributed by atoms with Crippen molar-refractivity contribution in [3.63, 3.8) is 0 Å². The van der Waals surface area contributed by atoms with Crippen molar-refractivity contribution >= 4 is 22.8 Å². The topological polar surface area (TPSA) is 118 Å². The number of primary amides is 1. The lowest BCUT2D eigenvalue weighted by Crippen LogP contribution is -2.39. The van der Waals surface area contributed by atoms with Gasteiger partial charge in [0, 0.05) is 6.54 Å². The van der Waals surface area contributed by atoms with Gasteiger partial charge >= 0.3 is 0 Å². The van der Waals surface area contributed by atoms with Crippen LogP contribution in [-0.2, 0) is 0 Å². The first-order valence-electron chi connectivity index (χ1n) is 8.51. The number of carbonyl (C=O) groups is 2. The number of aromatic nitrogens is 4. The Kier molecular flexibility index (Phi) is 4.08. The van der Waals surface area contributed by atoms with Crippen LogP contribution < -0.4 is 5.73 Å². The van der Waals surface area contributed by atoms with Crippen molar-refractivity contribution in [1.29, 1.82) is 0 Å². The number of likely N-dealkylation sites (tertiary alicyclic amines) is 1. The molecule has 1 aliphatic rings. The molecule has 26 heavy (non-hydrogen) atoms. The van der Waals surface area contributed by atoms with Crippen LogP contribution in [0, 0.1) is 0 Å². The lowest BCUT2D eigenvalue weighted by atomic mass is 9.98. The third kappa shape index (κ3) is 2.90. The van der Waals surface area contributed by atoms with Crippen molar-refractivity contribution < 1.29 is 9.59 Å². The van der Waals surface area contributed by atoms with Gasteiger partial charge in [0.2, 0.25) is 0 Å². The molecule has 3 N–H and O–H groups in total. The van der Waals surface area contributed by atoms with Crippen LogP contribution in [0.3, 0.4) is 0 Å². The van der Waals surface area contributed by atoms with E-state index in [0.717, 1.165) is 24.8 Å². The number of rotatable bonds is 3. The minimum absolute atomic E-state index is 0.170. The van der Waals surface area contributed by atoms with Gasteiger partial charge < -0.3 is 10.6 Å². The molecule has 1 unspecified atom stereocenters. The minimum Gasteiger partial charge on any atom is -0.364 e. The number of piperidine rings is 1. The summed E-state index contributed by atoms with van der Waals surface area (Å²) in [5.74, 6) is -0.773. The average molecular weight is 350 g/mol. The molecular weight excluding hydrogens is 332 g/mol. The molecule has 1 aromatic carbocycles. The van der Waals surface area contributed by atoms with E-state index in [-0.39, 0.29) is 17.6 Å². The van der Waals surface area contributed by atoms with Gasteiger partial charge in [0.25, 0.3) is 11.8 Å². The number of para-hydroxylation sites is 2. The van der Waals surface area contributed by atoms with Crippen LogP contribution in [0.1, 0.15) is 52.0 Å². The third-order valence-electron chi connectivity index (χ3n) is 4.64. The zero-order chi connectivity index (χ0) is 18.1. The number of amides is 2. The molecule has 132 valence electrons. The van der Waals surface area contributed by atoms with Gasteiger partial charge in [-0.2, -0.15) is 5.10 Å². The molecule has 0 saturated carbocycles. The van der Waals surface area contributed by atoms with E-state index >= 15 is 0 Å². The molecule has 3 aromatic rings. The van der Waals surface area contributed by atoms with Gasteiger partial charge in [0.05, 0.1) is 29.0 Å². The molecule has 1 fully saturated rings. The summed E-state index contributed by atoms with van der Waals surface area (Å²) in [5.41, 5.74) is 7.90. The van der Waals surface area contributed by atoms with E-state index in [1.54, 1.807) is 11.0 Å². The van der Waals surface area contributed by atoms with Gasteiger partial charge in [-0.25, -0.2) is 4.98 Å². The number of hydrogen-bond donors (Lipinski definition) is 2. The molecule has 0 radical (unpaired) electrons. The molecule has 0 bridgehead atoms. The van der Waals surface area contributed by atoms with Crippen molar-refractivity contribution in [1.82, 2.24) is 25.1 Å². The molecule has 3 heterocycles. The van der Waals surface area contributed by atoms with Crippen LogP contribution in [-0.4, -0.2) is 43.4 Å². The summed E-state index contributed by atoms with van der Waals surface area (Å²) < 4.78 is 0. The first-order valence-corrected chi connectivity index (χ1v) is 8.51. The standard InChI is InChI=1S/C18H18N6O2/c19-17(25)14-9-13(22-23-14)16-7-3-4-8-24(16)18(26)15-10-20-11-5-1-2-6-12(11)21-15/h1-2,5-6,9-10,16H,3-4,7-8H2,(H2,19,25)(H,22,23). The number of nitrogens with one attached hydrogen (secondary N) is 1. The summed E-state index contributed by atoms with van der Waals surface area (Å²) in [6.45, 7) is 0.614. The lowest BCUT2D eigenvalue weighted by molar-refractivity contribution is 0.0600. The minimum atomic E-state index is -0.596. The Balaban J connectivity index is 1.65. The van der Waals surface area contributed by atoms with Gasteiger partial charge in [-0.3, -0.25) is 19.7 Å². The number of aromatic amines is 1. The second-order valence-corrected chi connectivity index (χ2v) is 6.33. The van der Waals surface area contributed by atoms with E-state index in [4.69, 9.17) is 5.73 Å². The maximum absolute atomic E-state index is 13.1. The second kappa shape index (κ2) is 6.55. The molecule has 8 nitrogen and oxygen atoms in total. The third-order valence-corrected chi connectivity index (χ3v) is 4.64. The fourth-order valence-corrected chi connectivity index (χ4v) is 3.34. The number of hydrogen-bond acceptors (Lipinski definition) is 5. The number of benzene rings is 1. The van der Waals surface area contributed by atoms with E-state index in [0.29, 0.717) is 23.4 Å². The number of carbonyl (C=O) groups excluding carboxylic acids is 2. The van der Waals surface area contributed by atoms with Crippen molar-refractivity contribution in [2.24, 2.45) is 5.73 Å². The van der Waals surface area contributed by atoms with Crippen LogP contribution >= 0.6 is 0 Å². The van der Waals surface area contributed by atoms with E-state index in [9.17, 15) is 9.59 Å². The number of nitrogens with zero attached hydrogens (tertiary/aromatic N) is 4. The molecule has 8 heteroatoms. The lowest BCUT2D eigenvalue weighted by Gasteiger charge is -2.34. The summed E-state index contributed by atoms with van der Waals surface area (Å²) in [6, 6.07) is 8.87. The molecule has 4 rings (SSSR count). The van der Waals surface area contributed by atoms with Crippen molar-refractivity contribution in [2.45, 2.75) is 25.3 Å². The van der Waals surface area contributed by atoms with Crippen molar-refractivity contribution in [3.8, 4) is 0 Å². The number of fused-ring (bicyclic) bond motifs is 1. The van der Waals surface area contributed by atoms with E-state index < -0.39 is 5.91 Å². The number of H-pyrrole nitrogens is 1. The fourth-order valence-electron chi connectivity index (χ4n) is 3.34. The highest BCUT2D eigenvalue weighted by Gasteiger charge is 2.31. The summed E-state index contributed by atoms with van der Waals surface area (Å²) in [7, 11) is 0. The largest absolute Gasteiger partial charge is 0.364 e. The van der Waals surface area contributed by atoms with Gasteiger partial charge in [-0.1, -0.05) is 12.1 Å². The highest BCUT2D eigenvalue weighted by atomic mass is 16.2. The van der Waals surface area contributed by atoms with Gasteiger partial charge in [-0.05, 0) is 37.5 Å². The summed E-state index contributed by atoms with van der Waals surface area (Å²) in [4.78, 5) is 34.9. The highest BCUT2D eigenvalue weighted by Crippen LogP contribution is 2.31. The first kappa shape index (κ1) is 16.2. The normalized spacial score (nSPS) is 17.4. The van der Waals surface area contributed by atoms with Crippen LogP contribution in [0.15, 0.2) is 36.5 Å². The Morgan fingerprint density at radius 3 is 2.73 bits per heavy atom. The smallest absolute Gasteiger partial charge is 0.274 e. The van der Waals surface area contributed by atoms with Crippen LogP contribution in [0.5, 0.6) is 0 Å². The molecule has 0 spiro atoms. The monoisotopic (exact) mass is 350 g/mol. The van der Waals surface area contributed by atoms with E-state index in [2.05, 4.69) is 20.2 Å². The first-order chi connectivity index (χ1) is 12.6. The fraction of sp³-hybridized carbons (Fsp3) is 0.278. The Morgan fingerprint density at radius 1 is 1.15 bits per heavy atom. The van der Waals surface area contributed by atoms with Gasteiger partial charge in [0.15, 0.2) is 0 Å². The molecular formula is C18H18N6O2. The highest BCUT2D eigenvalue weighted by molar-refractivity contribution is 5.94. The van der Waals surface area contributed by atoms with Crippen LogP contribution in [0.25, 0.3) is 11.0 Å². The SMILES string of the molecule is NC(=O)c1cc(C2CCCCN2C(=O)c2cnc3ccccc3n2)[nH]n1. The maximum atomic E-state index is 13.1. The molecule has 2 aromatic heterocycles. The summed E-state index contributed by atoms with van der Waals surface area (Å²) in [6.07, 6.45) is 4.20. The van der Waals surface area contributed by atoms with Crippen LogP contribution in [0.4, 0.5) is 0 Å². The Morgan fingerprint density at radius 2 is 1.96 bits per heavy atom. The molecule has 1 aliphatic heterocycles. The zero-order valence-electron chi connectivity index (χ0n) is 14.1. The summed E-state index contributed by atoms with van der Waals surface area (Å²) >= 11 is 0. The maximum Gasteiger partial charge on any atom is 0.274 e. The second-order valence-electron chi connectivity index (χ2n) is 6.33. The molecule has 2 amide bonds. The predicted octanol–water partition coefficient (Wildman–Crippen LogP) is 1.82. The predicted molar refractivity (Wildman–Crippen MR) is 94.3 cm³/mol. The Bertz CT molecular complexity index is 982. The quantitative estimate of drug-likeness (QED) is 0.747. The molecule has 0 aliphatic carbocycles. The summed E-state index contributed by atoms with van der Waals surface area (Å²) in [5, 5.41) is 6.77. The number of nitrogens with two attached hydrogens (primary N) is 1. The van der Waals surface area contributed by atoms with Crippen molar-refractivity contribution in [2.75, 3.05) is 6.54 Å². The van der Waals surface area contributed by atoms with E-state index in [1.807, 2.05) is 24.3 Å². The zero-order valence-corrected chi connectivity index (χ0v) is 14.1. The average Bonchev–Trinajstić information content (AvgIpc) is 3.17. The van der Waals surface area contributed by atoms with Gasteiger partial charge in [0.1, 0.15) is 11.4 Å². The van der Waals surface area contributed by atoms with Crippen LogP contribution in [0.2, 0.25) is 0 Å². The van der Waals surface area contributed by atoms with Gasteiger partial charge in [-0.15, -0.1) is 0 Å². The molecule has 1 saturated heterocycles. The van der Waals surface area contributed by atoms with Crippen molar-refractivity contribution in [3.05, 3.63) is 53.6 Å². The molecule has 1 atom stereocenters. The Hall–Kier alpha value is -3.29. The Labute approximate surface area is 149 Å². The van der Waals surface area contributed by atoms with E-state index in [1.165, 1.54) is 6.20 Å².